The number of hydrogen-bond acceptors (Lipinski definition) is 4. The first kappa shape index (κ1) is 15.1. The topological polar surface area (TPSA) is 55.8 Å². The van der Waals surface area contributed by atoms with Crippen LogP contribution in [-0.2, 0) is 14.3 Å². The quantitative estimate of drug-likeness (QED) is 0.627. The molecule has 0 N–H and O–H groups in total. The third-order valence-corrected chi connectivity index (χ3v) is 3.79. The minimum Gasteiger partial charge on any atom is -0.479 e. The van der Waals surface area contributed by atoms with Crippen LogP contribution < -0.4 is 4.74 Å². The molecule has 2 aromatic carbocycles. The summed E-state index contributed by atoms with van der Waals surface area (Å²) in [5.41, 5.74) is 0.728. The second kappa shape index (κ2) is 6.52. The monoisotopic (exact) mass is 311 g/mol. The van der Waals surface area contributed by atoms with Crippen LogP contribution in [0, 0.1) is 0 Å². The van der Waals surface area contributed by atoms with Crippen molar-refractivity contribution in [1.82, 2.24) is 4.90 Å². The van der Waals surface area contributed by atoms with Gasteiger partial charge in [0.25, 0.3) is 5.91 Å². The molecule has 1 amide bonds. The van der Waals surface area contributed by atoms with E-state index in [2.05, 4.69) is 0 Å². The fourth-order valence-corrected chi connectivity index (χ4v) is 2.59. The molecule has 1 heterocycles. The number of likely N-dealkylation sites (tertiary alicyclic amines) is 1. The molecule has 5 nitrogen and oxygen atoms in total. The summed E-state index contributed by atoms with van der Waals surface area (Å²) >= 11 is 0. The van der Waals surface area contributed by atoms with Gasteiger partial charge in [-0.15, -0.1) is 0 Å². The molecule has 2 aromatic rings. The van der Waals surface area contributed by atoms with Gasteiger partial charge in [0.05, 0.1) is 13.7 Å². The molecule has 0 saturated carbocycles. The van der Waals surface area contributed by atoms with Crippen molar-refractivity contribution in [2.24, 2.45) is 0 Å². The highest BCUT2D eigenvalue weighted by Crippen LogP contribution is 2.30. The summed E-state index contributed by atoms with van der Waals surface area (Å²) in [7, 11) is 1.32. The molecule has 118 valence electrons. The molecule has 0 bridgehead atoms. The number of carbonyl (C=O) groups excluding carboxylic acids is 2. The Morgan fingerprint density at radius 3 is 2.26 bits per heavy atom. The minimum absolute atomic E-state index is 0.215. The molecule has 3 rings (SSSR count). The van der Waals surface area contributed by atoms with Crippen LogP contribution in [0.25, 0.3) is 0 Å². The van der Waals surface area contributed by atoms with E-state index < -0.39 is 18.1 Å². The number of carbonyl (C=O) groups is 2. The van der Waals surface area contributed by atoms with Crippen LogP contribution in [0.3, 0.4) is 0 Å². The first-order valence-electron chi connectivity index (χ1n) is 7.35. The standard InChI is InChI=1S/C18H17NO4/c1-22-18(21)16(13-8-4-2-5-9-13)19-12-15(17(19)20)23-14-10-6-3-7-11-14/h2-11,15-16H,12H2,1H3. The zero-order chi connectivity index (χ0) is 16.2. The van der Waals surface area contributed by atoms with E-state index in [9.17, 15) is 9.59 Å². The molecular weight excluding hydrogens is 294 g/mol. The lowest BCUT2D eigenvalue weighted by Crippen LogP contribution is -2.61. The average Bonchev–Trinajstić information content (AvgIpc) is 2.61. The lowest BCUT2D eigenvalue weighted by molar-refractivity contribution is -0.167. The number of β-lactam (4-membered cyclic amide) rings is 1. The predicted molar refractivity (Wildman–Crippen MR) is 83.8 cm³/mol. The van der Waals surface area contributed by atoms with Crippen molar-refractivity contribution in [3.63, 3.8) is 0 Å². The summed E-state index contributed by atoms with van der Waals surface area (Å²) in [5.74, 6) is -0.0318. The van der Waals surface area contributed by atoms with Crippen LogP contribution in [0.4, 0.5) is 0 Å². The molecule has 1 saturated heterocycles. The van der Waals surface area contributed by atoms with Gasteiger partial charge in [0.1, 0.15) is 5.75 Å². The summed E-state index contributed by atoms with van der Waals surface area (Å²) < 4.78 is 10.5. The third kappa shape index (κ3) is 3.04. The van der Waals surface area contributed by atoms with Crippen LogP contribution in [-0.4, -0.2) is 36.5 Å². The first-order chi connectivity index (χ1) is 11.2. The van der Waals surface area contributed by atoms with E-state index in [1.54, 1.807) is 24.3 Å². The molecule has 5 heteroatoms. The van der Waals surface area contributed by atoms with Gasteiger partial charge in [-0.2, -0.15) is 0 Å². The van der Waals surface area contributed by atoms with E-state index in [1.807, 2.05) is 36.4 Å². The van der Waals surface area contributed by atoms with E-state index in [-0.39, 0.29) is 5.91 Å². The zero-order valence-electron chi connectivity index (χ0n) is 12.7. The van der Waals surface area contributed by atoms with Crippen molar-refractivity contribution in [3.8, 4) is 5.75 Å². The molecule has 0 spiro atoms. The second-order valence-electron chi connectivity index (χ2n) is 5.25. The fraction of sp³-hybridized carbons (Fsp3) is 0.222. The number of nitrogens with zero attached hydrogens (tertiary/aromatic N) is 1. The molecule has 23 heavy (non-hydrogen) atoms. The van der Waals surface area contributed by atoms with Gasteiger partial charge < -0.3 is 14.4 Å². The van der Waals surface area contributed by atoms with Gasteiger partial charge in [0.15, 0.2) is 12.1 Å². The molecule has 2 unspecified atom stereocenters. The highest BCUT2D eigenvalue weighted by atomic mass is 16.5. The van der Waals surface area contributed by atoms with E-state index in [4.69, 9.17) is 9.47 Å². The summed E-state index contributed by atoms with van der Waals surface area (Å²) in [6.07, 6.45) is -0.562. The van der Waals surface area contributed by atoms with E-state index >= 15 is 0 Å². The van der Waals surface area contributed by atoms with Gasteiger partial charge >= 0.3 is 5.97 Å². The maximum Gasteiger partial charge on any atom is 0.333 e. The Balaban J connectivity index is 1.73. The highest BCUT2D eigenvalue weighted by Gasteiger charge is 2.46. The number of hydrogen-bond donors (Lipinski definition) is 0. The van der Waals surface area contributed by atoms with Gasteiger partial charge in [0.2, 0.25) is 0 Å². The Bertz CT molecular complexity index is 687. The molecule has 0 radical (unpaired) electrons. The molecule has 1 aliphatic heterocycles. The Morgan fingerprint density at radius 2 is 1.70 bits per heavy atom. The van der Waals surface area contributed by atoms with Gasteiger partial charge in [-0.1, -0.05) is 48.5 Å². The number of rotatable bonds is 5. The fourth-order valence-electron chi connectivity index (χ4n) is 2.59. The molecular formula is C18H17NO4. The number of amides is 1. The minimum atomic E-state index is -0.732. The van der Waals surface area contributed by atoms with E-state index in [0.717, 1.165) is 5.56 Å². The van der Waals surface area contributed by atoms with Gasteiger partial charge in [0, 0.05) is 0 Å². The number of benzene rings is 2. The van der Waals surface area contributed by atoms with Crippen LogP contribution in [0.15, 0.2) is 60.7 Å². The largest absolute Gasteiger partial charge is 0.479 e. The van der Waals surface area contributed by atoms with Crippen molar-refractivity contribution in [2.45, 2.75) is 12.1 Å². The van der Waals surface area contributed by atoms with Gasteiger partial charge in [-0.3, -0.25) is 4.79 Å². The summed E-state index contributed by atoms with van der Waals surface area (Å²) in [6, 6.07) is 17.6. The average molecular weight is 311 g/mol. The van der Waals surface area contributed by atoms with Crippen molar-refractivity contribution in [1.29, 1.82) is 0 Å². The zero-order valence-corrected chi connectivity index (χ0v) is 12.7. The van der Waals surface area contributed by atoms with Crippen molar-refractivity contribution in [2.75, 3.05) is 13.7 Å². The molecule has 1 fully saturated rings. The number of esters is 1. The number of ether oxygens (including phenoxy) is 2. The highest BCUT2D eigenvalue weighted by molar-refractivity contribution is 5.92. The molecule has 1 aliphatic rings. The van der Waals surface area contributed by atoms with Gasteiger partial charge in [-0.25, -0.2) is 4.79 Å². The normalized spacial score (nSPS) is 18.0. The maximum absolute atomic E-state index is 12.4. The maximum atomic E-state index is 12.4. The Hall–Kier alpha value is -2.82. The molecule has 0 aromatic heterocycles. The number of methoxy groups -OCH3 is 1. The first-order valence-corrected chi connectivity index (χ1v) is 7.35. The van der Waals surface area contributed by atoms with Gasteiger partial charge in [-0.05, 0) is 17.7 Å². The van der Waals surface area contributed by atoms with E-state index in [1.165, 1.54) is 12.0 Å². The van der Waals surface area contributed by atoms with Crippen molar-refractivity contribution in [3.05, 3.63) is 66.2 Å². The molecule has 2 atom stereocenters. The second-order valence-corrected chi connectivity index (χ2v) is 5.25. The molecule has 0 aliphatic carbocycles. The van der Waals surface area contributed by atoms with Crippen LogP contribution >= 0.6 is 0 Å². The Morgan fingerprint density at radius 1 is 1.09 bits per heavy atom. The predicted octanol–water partition coefficient (Wildman–Crippen LogP) is 2.19. The van der Waals surface area contributed by atoms with Crippen LogP contribution in [0.1, 0.15) is 11.6 Å². The van der Waals surface area contributed by atoms with Crippen LogP contribution in [0.2, 0.25) is 0 Å². The third-order valence-electron chi connectivity index (χ3n) is 3.79. The Labute approximate surface area is 134 Å². The number of para-hydroxylation sites is 1. The lowest BCUT2D eigenvalue weighted by Gasteiger charge is -2.42. The summed E-state index contributed by atoms with van der Waals surface area (Å²) in [4.78, 5) is 26.0. The summed E-state index contributed by atoms with van der Waals surface area (Å²) in [5, 5.41) is 0. The smallest absolute Gasteiger partial charge is 0.333 e. The SMILES string of the molecule is COC(=O)C(c1ccccc1)N1CC(Oc2ccccc2)C1=O. The Kier molecular flexibility index (Phi) is 4.28. The van der Waals surface area contributed by atoms with Crippen molar-refractivity contribution < 1.29 is 19.1 Å². The summed E-state index contributed by atoms with van der Waals surface area (Å²) in [6.45, 7) is 0.350. The lowest BCUT2D eigenvalue weighted by atomic mass is 9.99. The van der Waals surface area contributed by atoms with Crippen LogP contribution in [0.5, 0.6) is 5.75 Å². The van der Waals surface area contributed by atoms with Crippen molar-refractivity contribution >= 4 is 11.9 Å². The van der Waals surface area contributed by atoms with E-state index in [0.29, 0.717) is 12.3 Å².